The molecule has 12 heteroatoms. The smallest absolute Gasteiger partial charge is 0.255 e. The second kappa shape index (κ2) is 13.4. The number of nitrogens with one attached hydrogen (secondary N) is 2. The van der Waals surface area contributed by atoms with E-state index in [2.05, 4.69) is 20.5 Å². The number of aliphatic hydroxyl groups is 1. The summed E-state index contributed by atoms with van der Waals surface area (Å²) in [5, 5.41) is 15.8. The van der Waals surface area contributed by atoms with Gasteiger partial charge in [0.2, 0.25) is 17.7 Å². The molecule has 4 amide bonds. The first-order chi connectivity index (χ1) is 23.4. The minimum atomic E-state index is -0.682. The van der Waals surface area contributed by atoms with Crippen molar-refractivity contribution >= 4 is 46.0 Å². The van der Waals surface area contributed by atoms with Crippen LogP contribution in [0.4, 0.5) is 11.5 Å². The van der Waals surface area contributed by atoms with Gasteiger partial charge in [0.1, 0.15) is 12.6 Å². The number of hydrogen-bond acceptors (Lipinski definition) is 9. The average Bonchev–Trinajstić information content (AvgIpc) is 3.42. The van der Waals surface area contributed by atoms with E-state index >= 15 is 0 Å². The van der Waals surface area contributed by atoms with Gasteiger partial charge >= 0.3 is 0 Å². The number of imide groups is 1. The SMILES string of the molecule is O=C1CCC(N2Cc3cc(NC(=O)CC4CCN(c5ncc(-c6cccc7cccnc67)cc5OCCO)CC4)ccc3C2=O)C(=O)N1. The number of ether oxygens (including phenoxy) is 1. The van der Waals surface area contributed by atoms with Crippen molar-refractivity contribution < 1.29 is 29.0 Å². The predicted octanol–water partition coefficient (Wildman–Crippen LogP) is 3.67. The van der Waals surface area contributed by atoms with Crippen molar-refractivity contribution in [2.24, 2.45) is 5.92 Å². The van der Waals surface area contributed by atoms with Gasteiger partial charge in [-0.3, -0.25) is 29.5 Å². The Kier molecular flexibility index (Phi) is 8.72. The molecule has 246 valence electrons. The van der Waals surface area contributed by atoms with Crippen LogP contribution in [0.2, 0.25) is 0 Å². The zero-order chi connectivity index (χ0) is 33.2. The van der Waals surface area contributed by atoms with Crippen LogP contribution in [-0.4, -0.2) is 75.9 Å². The Labute approximate surface area is 277 Å². The number of carbonyl (C=O) groups excluding carboxylic acids is 4. The van der Waals surface area contributed by atoms with Gasteiger partial charge in [-0.2, -0.15) is 0 Å². The van der Waals surface area contributed by atoms with Gasteiger partial charge in [0.25, 0.3) is 5.91 Å². The highest BCUT2D eigenvalue weighted by Gasteiger charge is 2.39. The summed E-state index contributed by atoms with van der Waals surface area (Å²) in [6.07, 6.45) is 6.05. The topological polar surface area (TPSA) is 154 Å². The fourth-order valence-corrected chi connectivity index (χ4v) is 6.90. The Morgan fingerprint density at radius 2 is 1.83 bits per heavy atom. The average molecular weight is 649 g/mol. The molecule has 2 aromatic carbocycles. The molecule has 7 rings (SSSR count). The molecule has 0 radical (unpaired) electrons. The monoisotopic (exact) mass is 648 g/mol. The van der Waals surface area contributed by atoms with E-state index in [0.29, 0.717) is 48.7 Å². The molecule has 1 atom stereocenters. The summed E-state index contributed by atoms with van der Waals surface area (Å²) in [5.41, 5.74) is 4.55. The molecular formula is C36H36N6O6. The zero-order valence-corrected chi connectivity index (χ0v) is 26.4. The molecule has 48 heavy (non-hydrogen) atoms. The molecule has 0 aliphatic carbocycles. The molecule has 2 aromatic heterocycles. The number of para-hydroxylation sites is 1. The highest BCUT2D eigenvalue weighted by Crippen LogP contribution is 2.36. The largest absolute Gasteiger partial charge is 0.487 e. The van der Waals surface area contributed by atoms with Gasteiger partial charge in [0.15, 0.2) is 11.6 Å². The Morgan fingerprint density at radius 1 is 1.00 bits per heavy atom. The van der Waals surface area contributed by atoms with Crippen LogP contribution in [0, 0.1) is 5.92 Å². The van der Waals surface area contributed by atoms with Crippen molar-refractivity contribution in [1.82, 2.24) is 20.2 Å². The van der Waals surface area contributed by atoms with E-state index in [4.69, 9.17) is 9.72 Å². The first-order valence-electron chi connectivity index (χ1n) is 16.3. The number of rotatable bonds is 9. The van der Waals surface area contributed by atoms with E-state index in [1.54, 1.807) is 24.4 Å². The molecule has 2 saturated heterocycles. The summed E-state index contributed by atoms with van der Waals surface area (Å²) in [4.78, 5) is 63.0. The summed E-state index contributed by atoms with van der Waals surface area (Å²) in [6.45, 7) is 1.68. The number of amides is 4. The summed E-state index contributed by atoms with van der Waals surface area (Å²) in [7, 11) is 0. The third-order valence-electron chi connectivity index (χ3n) is 9.32. The standard InChI is InChI=1S/C36H36N6O6/c43-15-16-48-30-19-24(27-5-1-3-23-4-2-12-37-33(23)27)20-38-34(30)41-13-10-22(11-14-41)17-32(45)39-26-6-7-28-25(18-26)21-42(36(28)47)29-8-9-31(44)40-35(29)46/h1-7,12,18-20,22,29,43H,8-11,13-17,21H2,(H,39,45)(H,40,44,46). The van der Waals surface area contributed by atoms with Gasteiger partial charge < -0.3 is 25.0 Å². The molecule has 1 unspecified atom stereocenters. The minimum absolute atomic E-state index is 0.0992. The van der Waals surface area contributed by atoms with Gasteiger partial charge in [-0.05, 0) is 61.1 Å². The van der Waals surface area contributed by atoms with E-state index in [-0.39, 0.29) is 49.8 Å². The third-order valence-corrected chi connectivity index (χ3v) is 9.32. The molecule has 5 heterocycles. The number of aromatic nitrogens is 2. The summed E-state index contributed by atoms with van der Waals surface area (Å²) < 4.78 is 5.96. The van der Waals surface area contributed by atoms with E-state index in [0.717, 1.165) is 40.4 Å². The van der Waals surface area contributed by atoms with Crippen LogP contribution in [0.1, 0.15) is 48.0 Å². The first-order valence-corrected chi connectivity index (χ1v) is 16.3. The van der Waals surface area contributed by atoms with Gasteiger partial charge in [-0.1, -0.05) is 24.3 Å². The number of benzene rings is 2. The molecule has 0 bridgehead atoms. The Balaban J connectivity index is 0.969. The second-order valence-electron chi connectivity index (χ2n) is 12.5. The van der Waals surface area contributed by atoms with E-state index in [1.807, 2.05) is 42.6 Å². The first kappa shape index (κ1) is 31.3. The highest BCUT2D eigenvalue weighted by atomic mass is 16.5. The number of carbonyl (C=O) groups is 4. The van der Waals surface area contributed by atoms with Crippen LogP contribution in [0.25, 0.3) is 22.0 Å². The third kappa shape index (κ3) is 6.30. The maximum atomic E-state index is 13.1. The maximum Gasteiger partial charge on any atom is 0.255 e. The Morgan fingerprint density at radius 3 is 2.65 bits per heavy atom. The molecule has 3 aliphatic heterocycles. The molecular weight excluding hydrogens is 612 g/mol. The summed E-state index contributed by atoms with van der Waals surface area (Å²) in [5.74, 6) is 0.366. The van der Waals surface area contributed by atoms with Gasteiger partial charge in [-0.15, -0.1) is 0 Å². The van der Waals surface area contributed by atoms with Gasteiger partial charge in [0.05, 0.1) is 12.1 Å². The molecule has 0 spiro atoms. The molecule has 4 aromatic rings. The van der Waals surface area contributed by atoms with Crippen LogP contribution in [0.15, 0.2) is 67.0 Å². The maximum absolute atomic E-state index is 13.1. The van der Waals surface area contributed by atoms with E-state index in [1.165, 1.54) is 4.90 Å². The lowest BCUT2D eigenvalue weighted by Gasteiger charge is -2.33. The lowest BCUT2D eigenvalue weighted by Crippen LogP contribution is -2.52. The Hall–Kier alpha value is -5.36. The predicted molar refractivity (Wildman–Crippen MR) is 178 cm³/mol. The number of fused-ring (bicyclic) bond motifs is 2. The normalized spacial score (nSPS) is 18.2. The quantitative estimate of drug-likeness (QED) is 0.231. The lowest BCUT2D eigenvalue weighted by molar-refractivity contribution is -0.137. The minimum Gasteiger partial charge on any atom is -0.487 e. The van der Waals surface area contributed by atoms with Crippen LogP contribution >= 0.6 is 0 Å². The fraction of sp³-hybridized carbons (Fsp3) is 0.333. The molecule has 12 nitrogen and oxygen atoms in total. The van der Waals surface area contributed by atoms with Crippen molar-refractivity contribution in [3.63, 3.8) is 0 Å². The molecule has 3 aliphatic rings. The number of anilines is 2. The second-order valence-corrected chi connectivity index (χ2v) is 12.5. The fourth-order valence-electron chi connectivity index (χ4n) is 6.90. The highest BCUT2D eigenvalue weighted by molar-refractivity contribution is 6.05. The van der Waals surface area contributed by atoms with Crippen molar-refractivity contribution in [2.75, 3.05) is 36.5 Å². The number of pyridine rings is 2. The summed E-state index contributed by atoms with van der Waals surface area (Å²) in [6, 6.07) is 16.4. The van der Waals surface area contributed by atoms with Gasteiger partial charge in [-0.25, -0.2) is 4.98 Å². The van der Waals surface area contributed by atoms with Crippen LogP contribution in [0.3, 0.4) is 0 Å². The molecule has 0 saturated carbocycles. The van der Waals surface area contributed by atoms with Gasteiger partial charge in [0, 0.05) is 72.6 Å². The number of hydrogen-bond donors (Lipinski definition) is 3. The number of nitrogens with zero attached hydrogens (tertiary/aromatic N) is 4. The van der Waals surface area contributed by atoms with Crippen LogP contribution in [0.5, 0.6) is 5.75 Å². The van der Waals surface area contributed by atoms with Crippen molar-refractivity contribution in [3.8, 4) is 16.9 Å². The van der Waals surface area contributed by atoms with E-state index < -0.39 is 11.9 Å². The number of aliphatic hydroxyl groups excluding tert-OH is 1. The van der Waals surface area contributed by atoms with E-state index in [9.17, 15) is 24.3 Å². The molecule has 2 fully saturated rings. The lowest BCUT2D eigenvalue weighted by atomic mass is 9.93. The van der Waals surface area contributed by atoms with Crippen LogP contribution < -0.4 is 20.3 Å². The van der Waals surface area contributed by atoms with Crippen molar-refractivity contribution in [1.29, 1.82) is 0 Å². The Bertz CT molecular complexity index is 1900. The van der Waals surface area contributed by atoms with Crippen LogP contribution in [-0.2, 0) is 20.9 Å². The van der Waals surface area contributed by atoms with Crippen molar-refractivity contribution in [3.05, 3.63) is 78.1 Å². The summed E-state index contributed by atoms with van der Waals surface area (Å²) >= 11 is 0. The zero-order valence-electron chi connectivity index (χ0n) is 26.4. The number of piperidine rings is 2. The molecule has 3 N–H and O–H groups in total. The van der Waals surface area contributed by atoms with Crippen molar-refractivity contribution in [2.45, 2.75) is 44.7 Å².